The quantitative estimate of drug-likeness (QED) is 0.929. The monoisotopic (exact) mass is 301 g/mol. The zero-order valence-electron chi connectivity index (χ0n) is 13.8. The molecule has 0 aromatic heterocycles. The molecule has 1 aromatic rings. The first-order valence-corrected chi connectivity index (χ1v) is 8.56. The Morgan fingerprint density at radius 2 is 1.95 bits per heavy atom. The maximum Gasteiger partial charge on any atom is 0.227 e. The Balaban J connectivity index is 1.63. The van der Waals surface area contributed by atoms with Crippen LogP contribution in [0.25, 0.3) is 0 Å². The SMILES string of the molecule is CCN1CCN(c2ccc(NC(=O)C3CCC3)c(C)c2)CC1. The van der Waals surface area contributed by atoms with E-state index in [9.17, 15) is 4.79 Å². The maximum atomic E-state index is 12.1. The molecule has 1 N–H and O–H groups in total. The number of benzene rings is 1. The number of nitrogens with zero attached hydrogens (tertiary/aromatic N) is 2. The van der Waals surface area contributed by atoms with Crippen molar-refractivity contribution in [1.82, 2.24) is 4.90 Å². The molecule has 1 saturated heterocycles. The molecular formula is C18H27N3O. The molecule has 1 saturated carbocycles. The molecule has 0 unspecified atom stereocenters. The summed E-state index contributed by atoms with van der Waals surface area (Å²) in [4.78, 5) is 17.0. The van der Waals surface area contributed by atoms with E-state index in [1.807, 2.05) is 0 Å². The van der Waals surface area contributed by atoms with Crippen molar-refractivity contribution >= 4 is 17.3 Å². The van der Waals surface area contributed by atoms with Crippen LogP contribution in [0.4, 0.5) is 11.4 Å². The lowest BCUT2D eigenvalue weighted by Crippen LogP contribution is -2.46. The number of hydrogen-bond acceptors (Lipinski definition) is 3. The van der Waals surface area contributed by atoms with Gasteiger partial charge >= 0.3 is 0 Å². The molecule has 1 heterocycles. The third kappa shape index (κ3) is 3.27. The van der Waals surface area contributed by atoms with Gasteiger partial charge in [-0.3, -0.25) is 4.79 Å². The summed E-state index contributed by atoms with van der Waals surface area (Å²) in [5, 5.41) is 3.09. The fraction of sp³-hybridized carbons (Fsp3) is 0.611. The Morgan fingerprint density at radius 1 is 1.23 bits per heavy atom. The Hall–Kier alpha value is -1.55. The smallest absolute Gasteiger partial charge is 0.227 e. The largest absolute Gasteiger partial charge is 0.369 e. The number of carbonyl (C=O) groups excluding carboxylic acids is 1. The van der Waals surface area contributed by atoms with Gasteiger partial charge in [0.05, 0.1) is 0 Å². The number of piperazine rings is 1. The summed E-state index contributed by atoms with van der Waals surface area (Å²) in [6.45, 7) is 9.88. The number of hydrogen-bond donors (Lipinski definition) is 1. The summed E-state index contributed by atoms with van der Waals surface area (Å²) >= 11 is 0. The van der Waals surface area contributed by atoms with Gasteiger partial charge in [-0.25, -0.2) is 0 Å². The molecule has 1 aliphatic heterocycles. The molecule has 0 bridgehead atoms. The first kappa shape index (κ1) is 15.3. The van der Waals surface area contributed by atoms with E-state index in [0.29, 0.717) is 0 Å². The Labute approximate surface area is 133 Å². The van der Waals surface area contributed by atoms with Crippen molar-refractivity contribution in [2.75, 3.05) is 42.9 Å². The molecule has 0 radical (unpaired) electrons. The van der Waals surface area contributed by atoms with E-state index < -0.39 is 0 Å². The molecule has 2 fully saturated rings. The van der Waals surface area contributed by atoms with Gasteiger partial charge in [0.2, 0.25) is 5.91 Å². The molecule has 0 spiro atoms. The van der Waals surface area contributed by atoms with E-state index in [-0.39, 0.29) is 11.8 Å². The predicted molar refractivity (Wildman–Crippen MR) is 91.5 cm³/mol. The van der Waals surface area contributed by atoms with Crippen molar-refractivity contribution in [3.05, 3.63) is 23.8 Å². The average molecular weight is 301 g/mol. The standard InChI is InChI=1S/C18H27N3O/c1-3-20-9-11-21(12-10-20)16-7-8-17(14(2)13-16)19-18(22)15-5-4-6-15/h7-8,13,15H,3-6,9-12H2,1-2H3,(H,19,22). The van der Waals surface area contributed by atoms with Gasteiger partial charge in [0.1, 0.15) is 0 Å². The Kier molecular flexibility index (Phi) is 4.67. The van der Waals surface area contributed by atoms with Crippen LogP contribution in [0.3, 0.4) is 0 Å². The molecule has 4 nitrogen and oxygen atoms in total. The lowest BCUT2D eigenvalue weighted by Gasteiger charge is -2.35. The molecule has 1 aromatic carbocycles. The van der Waals surface area contributed by atoms with E-state index in [1.165, 1.54) is 12.1 Å². The summed E-state index contributed by atoms with van der Waals surface area (Å²) in [6.07, 6.45) is 3.29. The second kappa shape index (κ2) is 6.69. The molecular weight excluding hydrogens is 274 g/mol. The highest BCUT2D eigenvalue weighted by Gasteiger charge is 2.25. The molecule has 2 aliphatic rings. The van der Waals surface area contributed by atoms with Crippen LogP contribution in [-0.2, 0) is 4.79 Å². The van der Waals surface area contributed by atoms with Gasteiger partial charge in [-0.15, -0.1) is 0 Å². The molecule has 4 heteroatoms. The van der Waals surface area contributed by atoms with Crippen LogP contribution in [0.15, 0.2) is 18.2 Å². The normalized spacial score (nSPS) is 19.8. The molecule has 3 rings (SSSR count). The molecule has 0 atom stereocenters. The van der Waals surface area contributed by atoms with Crippen molar-refractivity contribution in [3.63, 3.8) is 0 Å². The average Bonchev–Trinajstić information content (AvgIpc) is 2.47. The molecule has 1 amide bonds. The number of amides is 1. The van der Waals surface area contributed by atoms with Crippen molar-refractivity contribution in [3.8, 4) is 0 Å². The first-order valence-electron chi connectivity index (χ1n) is 8.56. The highest BCUT2D eigenvalue weighted by molar-refractivity contribution is 5.93. The summed E-state index contributed by atoms with van der Waals surface area (Å²) in [6, 6.07) is 6.41. The van der Waals surface area contributed by atoms with Gasteiger partial charge in [-0.05, 0) is 50.1 Å². The van der Waals surface area contributed by atoms with E-state index >= 15 is 0 Å². The van der Waals surface area contributed by atoms with Crippen molar-refractivity contribution in [1.29, 1.82) is 0 Å². The number of nitrogens with one attached hydrogen (secondary N) is 1. The minimum atomic E-state index is 0.193. The fourth-order valence-corrected chi connectivity index (χ4v) is 3.21. The maximum absolute atomic E-state index is 12.1. The van der Waals surface area contributed by atoms with Crippen LogP contribution >= 0.6 is 0 Å². The third-order valence-electron chi connectivity index (χ3n) is 5.13. The second-order valence-corrected chi connectivity index (χ2v) is 6.54. The topological polar surface area (TPSA) is 35.6 Å². The Morgan fingerprint density at radius 3 is 2.50 bits per heavy atom. The third-order valence-corrected chi connectivity index (χ3v) is 5.13. The lowest BCUT2D eigenvalue weighted by atomic mass is 9.85. The van der Waals surface area contributed by atoms with Crippen molar-refractivity contribution in [2.24, 2.45) is 5.92 Å². The van der Waals surface area contributed by atoms with Gasteiger partial charge in [-0.1, -0.05) is 13.3 Å². The van der Waals surface area contributed by atoms with Gasteiger partial charge in [0, 0.05) is 43.5 Å². The fourth-order valence-electron chi connectivity index (χ4n) is 3.21. The predicted octanol–water partition coefficient (Wildman–Crippen LogP) is 2.88. The van der Waals surface area contributed by atoms with Crippen LogP contribution in [0.2, 0.25) is 0 Å². The number of anilines is 2. The summed E-state index contributed by atoms with van der Waals surface area (Å²) in [5.41, 5.74) is 3.39. The summed E-state index contributed by atoms with van der Waals surface area (Å²) < 4.78 is 0. The number of rotatable bonds is 4. The van der Waals surface area contributed by atoms with Gasteiger partial charge < -0.3 is 15.1 Å². The summed E-state index contributed by atoms with van der Waals surface area (Å²) in [7, 11) is 0. The van der Waals surface area contributed by atoms with Crippen LogP contribution in [-0.4, -0.2) is 43.5 Å². The molecule has 120 valence electrons. The van der Waals surface area contributed by atoms with Gasteiger partial charge in [-0.2, -0.15) is 0 Å². The summed E-state index contributed by atoms with van der Waals surface area (Å²) in [5.74, 6) is 0.430. The van der Waals surface area contributed by atoms with E-state index in [4.69, 9.17) is 0 Å². The minimum Gasteiger partial charge on any atom is -0.369 e. The zero-order valence-corrected chi connectivity index (χ0v) is 13.8. The first-order chi connectivity index (χ1) is 10.7. The van der Waals surface area contributed by atoms with Crippen LogP contribution in [0, 0.1) is 12.8 Å². The highest BCUT2D eigenvalue weighted by Crippen LogP contribution is 2.29. The molecule has 22 heavy (non-hydrogen) atoms. The van der Waals surface area contributed by atoms with Crippen LogP contribution in [0.1, 0.15) is 31.7 Å². The second-order valence-electron chi connectivity index (χ2n) is 6.54. The van der Waals surface area contributed by atoms with Crippen LogP contribution in [0.5, 0.6) is 0 Å². The minimum absolute atomic E-state index is 0.193. The molecule has 1 aliphatic carbocycles. The Bertz CT molecular complexity index is 531. The number of likely N-dealkylation sites (N-methyl/N-ethyl adjacent to an activating group) is 1. The van der Waals surface area contributed by atoms with Gasteiger partial charge in [0.15, 0.2) is 0 Å². The zero-order chi connectivity index (χ0) is 15.5. The van der Waals surface area contributed by atoms with Crippen molar-refractivity contribution < 1.29 is 4.79 Å². The van der Waals surface area contributed by atoms with E-state index in [0.717, 1.165) is 56.8 Å². The van der Waals surface area contributed by atoms with E-state index in [1.54, 1.807) is 0 Å². The number of carbonyl (C=O) groups is 1. The van der Waals surface area contributed by atoms with Crippen LogP contribution < -0.4 is 10.2 Å². The number of aryl methyl sites for hydroxylation is 1. The van der Waals surface area contributed by atoms with Gasteiger partial charge in [0.25, 0.3) is 0 Å². The lowest BCUT2D eigenvalue weighted by molar-refractivity contribution is -0.122. The highest BCUT2D eigenvalue weighted by atomic mass is 16.1. The van der Waals surface area contributed by atoms with E-state index in [2.05, 4.69) is 47.2 Å². The van der Waals surface area contributed by atoms with Crippen molar-refractivity contribution in [2.45, 2.75) is 33.1 Å².